The molecule has 0 saturated carbocycles. The van der Waals surface area contributed by atoms with Gasteiger partial charge in [0, 0.05) is 24.3 Å². The number of hydrogen-bond acceptors (Lipinski definition) is 3. The number of pyridine rings is 1. The summed E-state index contributed by atoms with van der Waals surface area (Å²) in [6.45, 7) is 1.79. The van der Waals surface area contributed by atoms with Gasteiger partial charge >= 0.3 is 0 Å². The molecule has 19 heavy (non-hydrogen) atoms. The highest BCUT2D eigenvalue weighted by Gasteiger charge is 2.21. The Bertz CT molecular complexity index is 585. The van der Waals surface area contributed by atoms with Crippen LogP contribution in [0.3, 0.4) is 0 Å². The molecular weight excluding hydrogens is 238 g/mol. The topological polar surface area (TPSA) is 54.0 Å². The lowest BCUT2D eigenvalue weighted by molar-refractivity contribution is -0.120. The minimum atomic E-state index is 0.0701. The molecule has 1 aromatic heterocycles. The summed E-state index contributed by atoms with van der Waals surface area (Å²) in [5.41, 5.74) is 0.848. The zero-order valence-electron chi connectivity index (χ0n) is 10.7. The van der Waals surface area contributed by atoms with Gasteiger partial charge in [0.2, 0.25) is 5.91 Å². The molecule has 1 aromatic carbocycles. The van der Waals surface area contributed by atoms with Gasteiger partial charge in [-0.25, -0.2) is 0 Å². The number of aromatic nitrogens is 1. The fourth-order valence-corrected chi connectivity index (χ4v) is 2.53. The first-order chi connectivity index (χ1) is 9.34. The van der Waals surface area contributed by atoms with E-state index in [0.717, 1.165) is 42.4 Å². The van der Waals surface area contributed by atoms with Crippen LogP contribution < -0.4 is 10.6 Å². The van der Waals surface area contributed by atoms with E-state index < -0.39 is 0 Å². The van der Waals surface area contributed by atoms with E-state index in [2.05, 4.69) is 15.6 Å². The number of carbonyl (C=O) groups excluding carboxylic acids is 1. The number of anilines is 1. The SMILES string of the molecule is O=C(Nc1cccc2ccncc12)[C@@H]1CCCNC1. The summed E-state index contributed by atoms with van der Waals surface area (Å²) < 4.78 is 0. The van der Waals surface area contributed by atoms with Gasteiger partial charge in [0.15, 0.2) is 0 Å². The van der Waals surface area contributed by atoms with E-state index in [0.29, 0.717) is 0 Å². The average Bonchev–Trinajstić information content (AvgIpc) is 2.48. The Morgan fingerprint density at radius 2 is 2.32 bits per heavy atom. The third-order valence-electron chi connectivity index (χ3n) is 3.61. The Morgan fingerprint density at radius 3 is 3.16 bits per heavy atom. The van der Waals surface area contributed by atoms with Crippen molar-refractivity contribution in [1.29, 1.82) is 0 Å². The number of nitrogens with one attached hydrogen (secondary N) is 2. The number of hydrogen-bond donors (Lipinski definition) is 2. The van der Waals surface area contributed by atoms with E-state index in [1.54, 1.807) is 12.4 Å². The molecule has 1 amide bonds. The summed E-state index contributed by atoms with van der Waals surface area (Å²) in [7, 11) is 0. The van der Waals surface area contributed by atoms with Crippen molar-refractivity contribution in [2.24, 2.45) is 5.92 Å². The number of carbonyl (C=O) groups is 1. The lowest BCUT2D eigenvalue weighted by Gasteiger charge is -2.22. The zero-order valence-corrected chi connectivity index (χ0v) is 10.7. The first-order valence-electron chi connectivity index (χ1n) is 6.69. The maximum absolute atomic E-state index is 12.2. The minimum Gasteiger partial charge on any atom is -0.325 e. The fourth-order valence-electron chi connectivity index (χ4n) is 2.53. The van der Waals surface area contributed by atoms with E-state index in [-0.39, 0.29) is 11.8 Å². The van der Waals surface area contributed by atoms with Crippen LogP contribution in [0.1, 0.15) is 12.8 Å². The normalized spacial score (nSPS) is 19.3. The molecule has 98 valence electrons. The quantitative estimate of drug-likeness (QED) is 0.864. The number of nitrogens with zero attached hydrogens (tertiary/aromatic N) is 1. The molecule has 0 unspecified atom stereocenters. The van der Waals surface area contributed by atoms with E-state index in [1.165, 1.54) is 0 Å². The van der Waals surface area contributed by atoms with Crippen LogP contribution in [0, 0.1) is 5.92 Å². The smallest absolute Gasteiger partial charge is 0.228 e. The maximum Gasteiger partial charge on any atom is 0.228 e. The second kappa shape index (κ2) is 5.36. The average molecular weight is 255 g/mol. The number of rotatable bonds is 2. The highest BCUT2D eigenvalue weighted by Crippen LogP contribution is 2.23. The minimum absolute atomic E-state index is 0.0701. The molecule has 1 aliphatic rings. The molecule has 0 radical (unpaired) electrons. The first-order valence-corrected chi connectivity index (χ1v) is 6.69. The molecule has 1 saturated heterocycles. The van der Waals surface area contributed by atoms with E-state index in [4.69, 9.17) is 0 Å². The van der Waals surface area contributed by atoms with Crippen LogP contribution in [0.25, 0.3) is 10.8 Å². The standard InChI is InChI=1S/C15H17N3O/c19-15(12-4-2-7-16-9-12)18-14-5-1-3-11-6-8-17-10-13(11)14/h1,3,5-6,8,10,12,16H,2,4,7,9H2,(H,18,19)/t12-/m1/s1. The second-order valence-electron chi connectivity index (χ2n) is 4.93. The number of fused-ring (bicyclic) bond motifs is 1. The fraction of sp³-hybridized carbons (Fsp3) is 0.333. The molecule has 2 aromatic rings. The van der Waals surface area contributed by atoms with Crippen molar-refractivity contribution in [3.8, 4) is 0 Å². The molecule has 0 bridgehead atoms. The van der Waals surface area contributed by atoms with Crippen molar-refractivity contribution in [3.05, 3.63) is 36.7 Å². The van der Waals surface area contributed by atoms with Gasteiger partial charge in [0.05, 0.1) is 11.6 Å². The van der Waals surface area contributed by atoms with Crippen molar-refractivity contribution >= 4 is 22.4 Å². The van der Waals surface area contributed by atoms with Crippen LogP contribution in [0.2, 0.25) is 0 Å². The number of benzene rings is 1. The Kier molecular flexibility index (Phi) is 3.42. The van der Waals surface area contributed by atoms with Crippen molar-refractivity contribution in [2.75, 3.05) is 18.4 Å². The molecular formula is C15H17N3O. The van der Waals surface area contributed by atoms with Crippen LogP contribution in [-0.4, -0.2) is 24.0 Å². The van der Waals surface area contributed by atoms with Gasteiger partial charge in [-0.1, -0.05) is 12.1 Å². The van der Waals surface area contributed by atoms with Crippen molar-refractivity contribution in [2.45, 2.75) is 12.8 Å². The maximum atomic E-state index is 12.2. The monoisotopic (exact) mass is 255 g/mol. The van der Waals surface area contributed by atoms with Gasteiger partial charge in [0.25, 0.3) is 0 Å². The zero-order chi connectivity index (χ0) is 13.1. The van der Waals surface area contributed by atoms with E-state index >= 15 is 0 Å². The van der Waals surface area contributed by atoms with Gasteiger partial charge in [-0.2, -0.15) is 0 Å². The third-order valence-corrected chi connectivity index (χ3v) is 3.61. The molecule has 4 nitrogen and oxygen atoms in total. The highest BCUT2D eigenvalue weighted by atomic mass is 16.1. The van der Waals surface area contributed by atoms with Crippen LogP contribution in [0.5, 0.6) is 0 Å². The lowest BCUT2D eigenvalue weighted by Crippen LogP contribution is -2.37. The molecule has 1 aliphatic heterocycles. The Balaban J connectivity index is 1.82. The van der Waals surface area contributed by atoms with Gasteiger partial charge < -0.3 is 10.6 Å². The van der Waals surface area contributed by atoms with Crippen LogP contribution >= 0.6 is 0 Å². The third kappa shape index (κ3) is 2.58. The molecule has 0 spiro atoms. The summed E-state index contributed by atoms with van der Waals surface area (Å²) in [5.74, 6) is 0.171. The number of piperidine rings is 1. The lowest BCUT2D eigenvalue weighted by atomic mass is 9.98. The van der Waals surface area contributed by atoms with Crippen LogP contribution in [-0.2, 0) is 4.79 Å². The van der Waals surface area contributed by atoms with Crippen LogP contribution in [0.15, 0.2) is 36.7 Å². The predicted octanol–water partition coefficient (Wildman–Crippen LogP) is 2.17. The summed E-state index contributed by atoms with van der Waals surface area (Å²) in [6.07, 6.45) is 5.58. The predicted molar refractivity (Wildman–Crippen MR) is 76.0 cm³/mol. The Morgan fingerprint density at radius 1 is 1.37 bits per heavy atom. The summed E-state index contributed by atoms with van der Waals surface area (Å²) in [4.78, 5) is 16.4. The van der Waals surface area contributed by atoms with E-state index in [9.17, 15) is 4.79 Å². The highest BCUT2D eigenvalue weighted by molar-refractivity contribution is 6.02. The Hall–Kier alpha value is -1.94. The van der Waals surface area contributed by atoms with Crippen molar-refractivity contribution in [1.82, 2.24) is 10.3 Å². The van der Waals surface area contributed by atoms with Gasteiger partial charge in [-0.3, -0.25) is 9.78 Å². The largest absolute Gasteiger partial charge is 0.325 e. The van der Waals surface area contributed by atoms with E-state index in [1.807, 2.05) is 24.3 Å². The van der Waals surface area contributed by atoms with Crippen LogP contribution in [0.4, 0.5) is 5.69 Å². The summed E-state index contributed by atoms with van der Waals surface area (Å²) in [5, 5.41) is 8.38. The summed E-state index contributed by atoms with van der Waals surface area (Å²) >= 11 is 0. The molecule has 1 atom stereocenters. The molecule has 1 fully saturated rings. The molecule has 2 heterocycles. The second-order valence-corrected chi connectivity index (χ2v) is 4.93. The summed E-state index contributed by atoms with van der Waals surface area (Å²) in [6, 6.07) is 7.86. The van der Waals surface area contributed by atoms with Crippen molar-refractivity contribution < 1.29 is 4.79 Å². The van der Waals surface area contributed by atoms with Gasteiger partial charge in [0.1, 0.15) is 0 Å². The molecule has 3 rings (SSSR count). The van der Waals surface area contributed by atoms with Gasteiger partial charge in [-0.05, 0) is 36.9 Å². The van der Waals surface area contributed by atoms with Crippen molar-refractivity contribution in [3.63, 3.8) is 0 Å². The molecule has 2 N–H and O–H groups in total. The number of amides is 1. The molecule has 0 aliphatic carbocycles. The first kappa shape index (κ1) is 12.1. The Labute approximate surface area is 112 Å². The van der Waals surface area contributed by atoms with Gasteiger partial charge in [-0.15, -0.1) is 0 Å². The molecule has 4 heteroatoms.